The van der Waals surface area contributed by atoms with Gasteiger partial charge in [-0.2, -0.15) is 0 Å². The van der Waals surface area contributed by atoms with E-state index in [2.05, 4.69) is 10.6 Å². The van der Waals surface area contributed by atoms with E-state index in [0.29, 0.717) is 18.5 Å². The molecule has 0 saturated heterocycles. The number of sulfone groups is 1. The molecule has 1 aliphatic carbocycles. The number of nitrogens with zero attached hydrogens (tertiary/aromatic N) is 1. The molecule has 0 heterocycles. The molecule has 0 aliphatic heterocycles. The van der Waals surface area contributed by atoms with Crippen molar-refractivity contribution in [2.75, 3.05) is 11.6 Å². The van der Waals surface area contributed by atoms with E-state index in [1.165, 1.54) is 24.5 Å². The summed E-state index contributed by atoms with van der Waals surface area (Å²) in [6.45, 7) is 3.62. The zero-order valence-corrected chi connectivity index (χ0v) is 16.0. The first kappa shape index (κ1) is 20.2. The molecule has 1 aromatic rings. The normalized spacial score (nSPS) is 20.6. The maximum absolute atomic E-state index is 12.1. The SMILES string of the molecule is CC(C)NC(=O)c1ccc(NC2CCCC(S(C)(=O)=O)C2)c([N+](=O)[O-])c1. The van der Waals surface area contributed by atoms with Gasteiger partial charge in [0, 0.05) is 30.0 Å². The average molecular weight is 383 g/mol. The van der Waals surface area contributed by atoms with E-state index in [1.807, 2.05) is 13.8 Å². The largest absolute Gasteiger partial charge is 0.377 e. The Hall–Kier alpha value is -2.16. The second kappa shape index (κ2) is 8.03. The van der Waals surface area contributed by atoms with Crippen LogP contribution in [0.3, 0.4) is 0 Å². The number of hydrogen-bond donors (Lipinski definition) is 2. The lowest BCUT2D eigenvalue weighted by molar-refractivity contribution is -0.384. The first-order valence-corrected chi connectivity index (χ1v) is 10.6. The highest BCUT2D eigenvalue weighted by molar-refractivity contribution is 7.91. The molecule has 1 aromatic carbocycles. The molecular weight excluding hydrogens is 358 g/mol. The summed E-state index contributed by atoms with van der Waals surface area (Å²) >= 11 is 0. The van der Waals surface area contributed by atoms with Gasteiger partial charge in [-0.1, -0.05) is 6.42 Å². The van der Waals surface area contributed by atoms with E-state index in [1.54, 1.807) is 0 Å². The maximum atomic E-state index is 12.1. The summed E-state index contributed by atoms with van der Waals surface area (Å²) in [5.74, 6) is -0.371. The molecule has 1 fully saturated rings. The molecule has 0 bridgehead atoms. The Morgan fingerprint density at radius 3 is 2.58 bits per heavy atom. The van der Waals surface area contributed by atoms with E-state index in [0.717, 1.165) is 12.8 Å². The molecule has 2 unspecified atom stereocenters. The Morgan fingerprint density at radius 2 is 2.00 bits per heavy atom. The van der Waals surface area contributed by atoms with Crippen molar-refractivity contribution in [1.82, 2.24) is 5.32 Å². The molecule has 0 spiro atoms. The molecule has 0 radical (unpaired) electrons. The highest BCUT2D eigenvalue weighted by atomic mass is 32.2. The predicted molar refractivity (Wildman–Crippen MR) is 100 cm³/mol. The number of benzene rings is 1. The lowest BCUT2D eigenvalue weighted by atomic mass is 9.94. The molecule has 1 saturated carbocycles. The van der Waals surface area contributed by atoms with Crippen molar-refractivity contribution in [3.05, 3.63) is 33.9 Å². The summed E-state index contributed by atoms with van der Waals surface area (Å²) in [6, 6.07) is 4.06. The standard InChI is InChI=1S/C17H25N3O5S/c1-11(2)18-17(21)12-7-8-15(16(9-12)20(22)23)19-13-5-4-6-14(10-13)26(3,24)25/h7-9,11,13-14,19H,4-6,10H2,1-3H3,(H,18,21). The number of nitrogens with one attached hydrogen (secondary N) is 2. The summed E-state index contributed by atoms with van der Waals surface area (Å²) in [5.41, 5.74) is 0.326. The molecule has 8 nitrogen and oxygen atoms in total. The van der Waals surface area contributed by atoms with Gasteiger partial charge in [-0.3, -0.25) is 14.9 Å². The molecule has 0 aromatic heterocycles. The highest BCUT2D eigenvalue weighted by Crippen LogP contribution is 2.31. The quantitative estimate of drug-likeness (QED) is 0.575. The lowest BCUT2D eigenvalue weighted by Gasteiger charge is -2.29. The molecule has 9 heteroatoms. The zero-order valence-electron chi connectivity index (χ0n) is 15.2. The van der Waals surface area contributed by atoms with Crippen LogP contribution in [-0.2, 0) is 9.84 Å². The highest BCUT2D eigenvalue weighted by Gasteiger charge is 2.30. The van der Waals surface area contributed by atoms with Crippen LogP contribution in [0.15, 0.2) is 18.2 Å². The first-order valence-electron chi connectivity index (χ1n) is 8.62. The van der Waals surface area contributed by atoms with Gasteiger partial charge in [-0.05, 0) is 45.2 Å². The van der Waals surface area contributed by atoms with Gasteiger partial charge in [0.05, 0.1) is 10.2 Å². The minimum absolute atomic E-state index is 0.0745. The first-order chi connectivity index (χ1) is 12.1. The van der Waals surface area contributed by atoms with Crippen LogP contribution in [-0.4, -0.2) is 42.8 Å². The Balaban J connectivity index is 2.21. The van der Waals surface area contributed by atoms with Crippen molar-refractivity contribution >= 4 is 27.1 Å². The van der Waals surface area contributed by atoms with Crippen LogP contribution in [0.2, 0.25) is 0 Å². The van der Waals surface area contributed by atoms with Crippen molar-refractivity contribution in [3.8, 4) is 0 Å². The maximum Gasteiger partial charge on any atom is 0.293 e. The smallest absolute Gasteiger partial charge is 0.293 e. The number of amides is 1. The third-order valence-electron chi connectivity index (χ3n) is 4.47. The molecule has 1 aliphatic rings. The summed E-state index contributed by atoms with van der Waals surface area (Å²) in [6.07, 6.45) is 3.76. The van der Waals surface area contributed by atoms with E-state index in [-0.39, 0.29) is 29.2 Å². The summed E-state index contributed by atoms with van der Waals surface area (Å²) in [4.78, 5) is 22.9. The van der Waals surface area contributed by atoms with Crippen molar-refractivity contribution in [3.63, 3.8) is 0 Å². The van der Waals surface area contributed by atoms with Crippen molar-refractivity contribution in [2.24, 2.45) is 0 Å². The number of carbonyl (C=O) groups is 1. The van der Waals surface area contributed by atoms with Crippen molar-refractivity contribution in [2.45, 2.75) is 56.9 Å². The van der Waals surface area contributed by atoms with Gasteiger partial charge >= 0.3 is 0 Å². The molecule has 26 heavy (non-hydrogen) atoms. The third kappa shape index (κ3) is 5.17. The summed E-state index contributed by atoms with van der Waals surface area (Å²) < 4.78 is 23.6. The van der Waals surface area contributed by atoms with Gasteiger partial charge in [-0.25, -0.2) is 8.42 Å². The predicted octanol–water partition coefficient (Wildman–Crippen LogP) is 2.50. The minimum Gasteiger partial charge on any atom is -0.377 e. The number of hydrogen-bond acceptors (Lipinski definition) is 6. The fourth-order valence-corrected chi connectivity index (χ4v) is 4.35. The van der Waals surface area contributed by atoms with E-state index in [9.17, 15) is 23.3 Å². The van der Waals surface area contributed by atoms with Gasteiger partial charge < -0.3 is 10.6 Å². The van der Waals surface area contributed by atoms with Gasteiger partial charge in [0.2, 0.25) is 0 Å². The minimum atomic E-state index is -3.13. The van der Waals surface area contributed by atoms with Gasteiger partial charge in [0.25, 0.3) is 11.6 Å². The van der Waals surface area contributed by atoms with Crippen LogP contribution in [0, 0.1) is 10.1 Å². The van der Waals surface area contributed by atoms with Gasteiger partial charge in [0.1, 0.15) is 15.5 Å². The Labute approximate surface area is 153 Å². The summed E-state index contributed by atoms with van der Waals surface area (Å²) in [7, 11) is -3.13. The van der Waals surface area contributed by atoms with E-state index in [4.69, 9.17) is 0 Å². The Kier molecular flexibility index (Phi) is 6.22. The van der Waals surface area contributed by atoms with E-state index < -0.39 is 20.0 Å². The van der Waals surface area contributed by atoms with Crippen LogP contribution >= 0.6 is 0 Å². The van der Waals surface area contributed by atoms with Crippen LogP contribution in [0.4, 0.5) is 11.4 Å². The number of nitro benzene ring substituents is 1. The van der Waals surface area contributed by atoms with Crippen LogP contribution in [0.25, 0.3) is 0 Å². The fourth-order valence-electron chi connectivity index (χ4n) is 3.18. The van der Waals surface area contributed by atoms with Gasteiger partial charge in [0.15, 0.2) is 0 Å². The number of nitro groups is 1. The van der Waals surface area contributed by atoms with Crippen molar-refractivity contribution in [1.29, 1.82) is 0 Å². The Morgan fingerprint density at radius 1 is 1.31 bits per heavy atom. The summed E-state index contributed by atoms with van der Waals surface area (Å²) in [5, 5.41) is 16.8. The number of anilines is 1. The number of rotatable bonds is 6. The fraction of sp³-hybridized carbons (Fsp3) is 0.588. The van der Waals surface area contributed by atoms with E-state index >= 15 is 0 Å². The third-order valence-corrected chi connectivity index (χ3v) is 6.11. The zero-order chi connectivity index (χ0) is 19.5. The number of carbonyl (C=O) groups excluding carboxylic acids is 1. The molecule has 2 atom stereocenters. The van der Waals surface area contributed by atoms with Crippen LogP contribution in [0.5, 0.6) is 0 Å². The monoisotopic (exact) mass is 383 g/mol. The Bertz CT molecular complexity index is 792. The second-order valence-corrected chi connectivity index (χ2v) is 9.40. The molecule has 2 N–H and O–H groups in total. The van der Waals surface area contributed by atoms with Gasteiger partial charge in [-0.15, -0.1) is 0 Å². The lowest BCUT2D eigenvalue weighted by Crippen LogP contribution is -2.34. The topological polar surface area (TPSA) is 118 Å². The van der Waals surface area contributed by atoms with Crippen LogP contribution < -0.4 is 10.6 Å². The molecule has 144 valence electrons. The molecular formula is C17H25N3O5S. The molecule has 1 amide bonds. The molecule has 2 rings (SSSR count). The van der Waals surface area contributed by atoms with Crippen LogP contribution in [0.1, 0.15) is 49.9 Å². The van der Waals surface area contributed by atoms with Crippen molar-refractivity contribution < 1.29 is 18.1 Å². The average Bonchev–Trinajstić information content (AvgIpc) is 2.53. The second-order valence-electron chi connectivity index (χ2n) is 7.08.